The van der Waals surface area contributed by atoms with E-state index in [0.29, 0.717) is 31.0 Å². The first-order valence-corrected chi connectivity index (χ1v) is 10.7. The van der Waals surface area contributed by atoms with Crippen LogP contribution in [0, 0.1) is 5.92 Å². The number of amides is 1. The minimum atomic E-state index is -0.418. The number of likely N-dealkylation sites (tertiary alicyclic amines) is 1. The first-order valence-electron chi connectivity index (χ1n) is 9.69. The maximum Gasteiger partial charge on any atom is 0.310 e. The molecule has 0 unspecified atom stereocenters. The first kappa shape index (κ1) is 19.7. The molecule has 2 atom stereocenters. The van der Waals surface area contributed by atoms with Crippen LogP contribution in [0.5, 0.6) is 0 Å². The van der Waals surface area contributed by atoms with E-state index in [9.17, 15) is 9.59 Å². The van der Waals surface area contributed by atoms with Gasteiger partial charge >= 0.3 is 5.97 Å². The molecule has 0 spiro atoms. The Hall–Kier alpha value is -2.59. The van der Waals surface area contributed by atoms with Crippen molar-refractivity contribution < 1.29 is 14.3 Å². The number of nitrogens with one attached hydrogen (secondary N) is 1. The van der Waals surface area contributed by atoms with Crippen molar-refractivity contribution in [3.05, 3.63) is 29.7 Å². The molecule has 0 bridgehead atoms. The number of hydrogen-bond donors (Lipinski definition) is 2. The second-order valence-electron chi connectivity index (χ2n) is 7.03. The van der Waals surface area contributed by atoms with Crippen LogP contribution in [0.15, 0.2) is 29.7 Å². The molecule has 2 aromatic heterocycles. The maximum absolute atomic E-state index is 13.1. The average molecular weight is 417 g/mol. The van der Waals surface area contributed by atoms with Crippen molar-refractivity contribution in [2.75, 3.05) is 36.9 Å². The fourth-order valence-electron chi connectivity index (χ4n) is 3.73. The summed E-state index contributed by atoms with van der Waals surface area (Å²) in [7, 11) is 0. The molecule has 10 heteroatoms. The molecule has 0 aromatic carbocycles. The van der Waals surface area contributed by atoms with E-state index in [1.54, 1.807) is 11.8 Å². The lowest BCUT2D eigenvalue weighted by molar-refractivity contribution is -0.151. The monoisotopic (exact) mass is 416 g/mol. The number of fused-ring (bicyclic) bond motifs is 1. The van der Waals surface area contributed by atoms with Crippen LogP contribution < -0.4 is 10.6 Å². The summed E-state index contributed by atoms with van der Waals surface area (Å²) in [6, 6.07) is 1.51. The Bertz CT molecular complexity index is 945. The van der Waals surface area contributed by atoms with Crippen LogP contribution in [0.2, 0.25) is 0 Å². The van der Waals surface area contributed by atoms with Crippen molar-refractivity contribution in [3.8, 4) is 0 Å². The van der Waals surface area contributed by atoms with Gasteiger partial charge in [0.05, 0.1) is 22.8 Å². The lowest BCUT2D eigenvalue weighted by atomic mass is 9.92. The van der Waals surface area contributed by atoms with Gasteiger partial charge in [-0.1, -0.05) is 0 Å². The summed E-state index contributed by atoms with van der Waals surface area (Å²) in [5.74, 6) is 0.866. The highest BCUT2D eigenvalue weighted by molar-refractivity contribution is 8.04. The molecule has 9 nitrogen and oxygen atoms in total. The summed E-state index contributed by atoms with van der Waals surface area (Å²) in [5.41, 5.74) is 6.95. The van der Waals surface area contributed by atoms with Crippen molar-refractivity contribution in [1.82, 2.24) is 19.9 Å². The van der Waals surface area contributed by atoms with Gasteiger partial charge in [0.2, 0.25) is 0 Å². The van der Waals surface area contributed by atoms with Crippen LogP contribution >= 0.6 is 11.8 Å². The number of anilines is 1. The summed E-state index contributed by atoms with van der Waals surface area (Å²) in [6.45, 7) is 3.70. The van der Waals surface area contributed by atoms with Gasteiger partial charge in [-0.15, -0.1) is 11.8 Å². The first-order chi connectivity index (χ1) is 14.1. The van der Waals surface area contributed by atoms with Gasteiger partial charge in [0.15, 0.2) is 0 Å². The summed E-state index contributed by atoms with van der Waals surface area (Å²) < 4.78 is 5.10. The number of nitrogens with two attached hydrogens (primary N) is 1. The maximum atomic E-state index is 13.1. The molecule has 1 fully saturated rings. The second kappa shape index (κ2) is 8.42. The summed E-state index contributed by atoms with van der Waals surface area (Å²) in [4.78, 5) is 41.2. The minimum Gasteiger partial charge on any atom is -0.466 e. The number of aromatic nitrogens is 3. The Labute approximate surface area is 172 Å². The number of ether oxygens (including phenoxy) is 1. The van der Waals surface area contributed by atoms with Crippen molar-refractivity contribution in [3.63, 3.8) is 0 Å². The SMILES string of the molecule is CCOC(=O)[C@H]1CCN(C(=O)C2=CN(c3ncnc4[nH]ccc34)CCS2)C[C@@H]1N. The Morgan fingerprint density at radius 1 is 1.38 bits per heavy atom. The van der Waals surface area contributed by atoms with Gasteiger partial charge in [-0.2, -0.15) is 0 Å². The van der Waals surface area contributed by atoms with Crippen molar-refractivity contribution in [2.45, 2.75) is 19.4 Å². The zero-order valence-corrected chi connectivity index (χ0v) is 17.0. The van der Waals surface area contributed by atoms with Crippen molar-refractivity contribution in [2.24, 2.45) is 11.7 Å². The zero-order chi connectivity index (χ0) is 20.4. The third-order valence-electron chi connectivity index (χ3n) is 5.21. The third-order valence-corrected chi connectivity index (χ3v) is 6.19. The fourth-order valence-corrected chi connectivity index (χ4v) is 4.70. The smallest absolute Gasteiger partial charge is 0.310 e. The van der Waals surface area contributed by atoms with Crippen LogP contribution in [-0.4, -0.2) is 69.8 Å². The zero-order valence-electron chi connectivity index (χ0n) is 16.2. The van der Waals surface area contributed by atoms with Crippen molar-refractivity contribution in [1.29, 1.82) is 0 Å². The van der Waals surface area contributed by atoms with E-state index in [0.717, 1.165) is 29.1 Å². The van der Waals surface area contributed by atoms with Crippen LogP contribution in [0.4, 0.5) is 5.82 Å². The summed E-state index contributed by atoms with van der Waals surface area (Å²) in [5, 5.41) is 0.916. The molecular formula is C19H24N6O3S. The molecule has 0 saturated carbocycles. The molecule has 1 saturated heterocycles. The standard InChI is InChI=1S/C19H24N6O3S/c1-2-28-19(27)12-4-6-25(9-14(12)20)18(26)15-10-24(7-8-29-15)17-13-3-5-21-16(13)22-11-23-17/h3,5,10-12,14H,2,4,6-9,20H2,1H3,(H,21,22,23)/t12-,14-/m0/s1. The second-order valence-corrected chi connectivity index (χ2v) is 8.17. The van der Waals surface area contributed by atoms with Gasteiger partial charge in [0, 0.05) is 43.8 Å². The minimum absolute atomic E-state index is 0.0585. The van der Waals surface area contributed by atoms with Crippen molar-refractivity contribution >= 4 is 40.5 Å². The molecule has 29 heavy (non-hydrogen) atoms. The highest BCUT2D eigenvalue weighted by Gasteiger charge is 2.36. The Kier molecular flexibility index (Phi) is 5.72. The molecule has 1 amide bonds. The van der Waals surface area contributed by atoms with Crippen LogP contribution in [0.3, 0.4) is 0 Å². The Morgan fingerprint density at radius 2 is 2.24 bits per heavy atom. The molecule has 4 rings (SSSR count). The number of carbonyl (C=O) groups excluding carboxylic acids is 2. The third kappa shape index (κ3) is 3.95. The summed E-state index contributed by atoms with van der Waals surface area (Å²) >= 11 is 1.53. The lowest BCUT2D eigenvalue weighted by Crippen LogP contribution is -2.53. The highest BCUT2D eigenvalue weighted by atomic mass is 32.2. The van der Waals surface area contributed by atoms with Crippen LogP contribution in [-0.2, 0) is 14.3 Å². The predicted octanol–water partition coefficient (Wildman–Crippen LogP) is 1.09. The van der Waals surface area contributed by atoms with Crippen LogP contribution in [0.25, 0.3) is 11.0 Å². The fraction of sp³-hybridized carbons (Fsp3) is 0.474. The number of esters is 1. The molecule has 2 aromatic rings. The largest absolute Gasteiger partial charge is 0.466 e. The van der Waals surface area contributed by atoms with Gasteiger partial charge in [0.1, 0.15) is 17.8 Å². The number of nitrogens with zero attached hydrogens (tertiary/aromatic N) is 4. The van der Waals surface area contributed by atoms with Gasteiger partial charge in [-0.05, 0) is 19.4 Å². The molecule has 154 valence electrons. The summed E-state index contributed by atoms with van der Waals surface area (Å²) in [6.07, 6.45) is 5.72. The van der Waals surface area contributed by atoms with E-state index in [1.165, 1.54) is 18.1 Å². The Balaban J connectivity index is 1.49. The molecule has 3 N–H and O–H groups in total. The number of hydrogen-bond acceptors (Lipinski definition) is 8. The van der Waals surface area contributed by atoms with Gasteiger partial charge < -0.3 is 25.3 Å². The number of thioether (sulfide) groups is 1. The molecule has 4 heterocycles. The van der Waals surface area contributed by atoms with E-state index in [1.807, 2.05) is 23.4 Å². The van der Waals surface area contributed by atoms with Gasteiger partial charge in [-0.3, -0.25) is 9.59 Å². The topological polar surface area (TPSA) is 117 Å². The quantitative estimate of drug-likeness (QED) is 0.712. The number of aromatic amines is 1. The number of rotatable bonds is 4. The normalized spacial score (nSPS) is 22.5. The number of carbonyl (C=O) groups is 2. The molecule has 0 radical (unpaired) electrons. The number of H-pyrrole nitrogens is 1. The van der Waals surface area contributed by atoms with E-state index in [2.05, 4.69) is 15.0 Å². The lowest BCUT2D eigenvalue weighted by Gasteiger charge is -2.36. The molecule has 0 aliphatic carbocycles. The van der Waals surface area contributed by atoms with E-state index >= 15 is 0 Å². The highest BCUT2D eigenvalue weighted by Crippen LogP contribution is 2.30. The molecule has 2 aliphatic rings. The predicted molar refractivity (Wildman–Crippen MR) is 111 cm³/mol. The molecule has 2 aliphatic heterocycles. The van der Waals surface area contributed by atoms with Gasteiger partial charge in [0.25, 0.3) is 5.91 Å². The van der Waals surface area contributed by atoms with Gasteiger partial charge in [-0.25, -0.2) is 9.97 Å². The van der Waals surface area contributed by atoms with E-state index < -0.39 is 6.04 Å². The molecular weight excluding hydrogens is 392 g/mol. The number of piperidine rings is 1. The average Bonchev–Trinajstić information content (AvgIpc) is 3.22. The van der Waals surface area contributed by atoms with E-state index in [4.69, 9.17) is 10.5 Å². The van der Waals surface area contributed by atoms with Crippen LogP contribution in [0.1, 0.15) is 13.3 Å². The van der Waals surface area contributed by atoms with E-state index in [-0.39, 0.29) is 17.8 Å². The Morgan fingerprint density at radius 3 is 3.03 bits per heavy atom.